The van der Waals surface area contributed by atoms with Gasteiger partial charge >= 0.3 is 0 Å². The molecule has 2 heteroatoms. The zero-order valence-corrected chi connectivity index (χ0v) is 31.7. The van der Waals surface area contributed by atoms with Crippen LogP contribution in [0.2, 0.25) is 0 Å². The van der Waals surface area contributed by atoms with Crippen LogP contribution in [-0.4, -0.2) is 0 Å². The van der Waals surface area contributed by atoms with Crippen molar-refractivity contribution in [3.63, 3.8) is 0 Å². The fourth-order valence-corrected chi connectivity index (χ4v) is 7.89. The molecule has 10 aromatic carbocycles. The molecule has 0 saturated carbocycles. The highest BCUT2D eigenvalue weighted by Gasteiger charge is 2.19. The smallest absolute Gasteiger partial charge is 0.0540 e. The van der Waals surface area contributed by atoms with Gasteiger partial charge in [0.05, 0.1) is 5.69 Å². The van der Waals surface area contributed by atoms with Gasteiger partial charge in [0.15, 0.2) is 0 Å². The molecule has 0 bridgehead atoms. The Bertz CT molecular complexity index is 3060. The van der Waals surface area contributed by atoms with Gasteiger partial charge in [0.25, 0.3) is 0 Å². The van der Waals surface area contributed by atoms with E-state index < -0.39 is 0 Å². The Kier molecular flexibility index (Phi) is 9.05. The summed E-state index contributed by atoms with van der Waals surface area (Å²) in [6, 6.07) is 76.5. The summed E-state index contributed by atoms with van der Waals surface area (Å²) >= 11 is 0. The van der Waals surface area contributed by atoms with E-state index in [1.807, 2.05) is 12.1 Å². The third-order valence-electron chi connectivity index (χ3n) is 10.6. The number of anilines is 6. The number of benzene rings is 10. The molecule has 0 aromatic heterocycles. The number of nitrogens with zero attached hydrogens (tertiary/aromatic N) is 2. The van der Waals surface area contributed by atoms with Crippen LogP contribution in [0, 0.1) is 23.7 Å². The maximum absolute atomic E-state index is 3.52. The molecule has 0 amide bonds. The standard InChI is InChI=1S/C56H36N2/c1-5-13-47(14-6-1)57(48-15-7-2-8-16-48)51-36-28-43(29-37-51)26-23-41-21-24-42(25-22-41)27-30-44-31-32-45-34-39-53-54(40-35-46-33-38-52(44)55(45)56(46)53)58(49-17-9-3-10-18-49)50-19-11-4-12-20-50/h1-22,24-25,28-29,31-40H. The molecule has 0 fully saturated rings. The van der Waals surface area contributed by atoms with Crippen molar-refractivity contribution in [2.24, 2.45) is 0 Å². The predicted octanol–water partition coefficient (Wildman–Crippen LogP) is 14.3. The van der Waals surface area contributed by atoms with Crippen LogP contribution in [0.3, 0.4) is 0 Å². The van der Waals surface area contributed by atoms with Crippen LogP contribution in [-0.2, 0) is 0 Å². The Balaban J connectivity index is 0.933. The maximum Gasteiger partial charge on any atom is 0.0540 e. The van der Waals surface area contributed by atoms with Gasteiger partial charge in [-0.2, -0.15) is 0 Å². The van der Waals surface area contributed by atoms with E-state index in [0.29, 0.717) is 0 Å². The number of para-hydroxylation sites is 4. The minimum atomic E-state index is 0.948. The molecular weight excluding hydrogens is 701 g/mol. The molecule has 270 valence electrons. The summed E-state index contributed by atoms with van der Waals surface area (Å²) in [5.41, 5.74) is 10.6. The van der Waals surface area contributed by atoms with Gasteiger partial charge in [-0.1, -0.05) is 133 Å². The second-order valence-electron chi connectivity index (χ2n) is 14.3. The van der Waals surface area contributed by atoms with Crippen LogP contribution in [0.25, 0.3) is 32.3 Å². The minimum absolute atomic E-state index is 0.948. The van der Waals surface area contributed by atoms with E-state index in [9.17, 15) is 0 Å². The highest BCUT2D eigenvalue weighted by Crippen LogP contribution is 2.44. The number of hydrogen-bond acceptors (Lipinski definition) is 2. The third kappa shape index (κ3) is 6.67. The van der Waals surface area contributed by atoms with Crippen molar-refractivity contribution < 1.29 is 0 Å². The summed E-state index contributed by atoms with van der Waals surface area (Å²) in [6.45, 7) is 0. The molecule has 0 aliphatic rings. The van der Waals surface area contributed by atoms with Crippen molar-refractivity contribution in [1.29, 1.82) is 0 Å². The molecule has 0 aliphatic heterocycles. The molecule has 0 saturated heterocycles. The van der Waals surface area contributed by atoms with Crippen molar-refractivity contribution in [1.82, 2.24) is 0 Å². The molecule has 0 heterocycles. The highest BCUT2D eigenvalue weighted by molar-refractivity contribution is 6.26. The van der Waals surface area contributed by atoms with Crippen LogP contribution < -0.4 is 9.80 Å². The van der Waals surface area contributed by atoms with E-state index in [4.69, 9.17) is 0 Å². The molecular formula is C56H36N2. The van der Waals surface area contributed by atoms with E-state index in [0.717, 1.165) is 61.8 Å². The molecule has 0 unspecified atom stereocenters. The topological polar surface area (TPSA) is 6.48 Å². The van der Waals surface area contributed by atoms with E-state index in [1.165, 1.54) is 26.9 Å². The van der Waals surface area contributed by atoms with Crippen molar-refractivity contribution in [3.8, 4) is 23.7 Å². The summed E-state index contributed by atoms with van der Waals surface area (Å²) in [5.74, 6) is 13.7. The lowest BCUT2D eigenvalue weighted by Crippen LogP contribution is -2.10. The van der Waals surface area contributed by atoms with Gasteiger partial charge < -0.3 is 9.80 Å². The molecule has 0 aliphatic carbocycles. The van der Waals surface area contributed by atoms with Crippen LogP contribution >= 0.6 is 0 Å². The molecule has 0 spiro atoms. The normalized spacial score (nSPS) is 10.8. The molecule has 0 radical (unpaired) electrons. The molecule has 58 heavy (non-hydrogen) atoms. The second-order valence-corrected chi connectivity index (χ2v) is 14.3. The molecule has 2 nitrogen and oxygen atoms in total. The number of rotatable bonds is 6. The average Bonchev–Trinajstić information content (AvgIpc) is 3.30. The van der Waals surface area contributed by atoms with Gasteiger partial charge in [-0.05, 0) is 136 Å². The lowest BCUT2D eigenvalue weighted by atomic mass is 9.91. The van der Waals surface area contributed by atoms with E-state index in [1.54, 1.807) is 0 Å². The molecule has 10 rings (SSSR count). The third-order valence-corrected chi connectivity index (χ3v) is 10.6. The van der Waals surface area contributed by atoms with Crippen LogP contribution in [0.5, 0.6) is 0 Å². The van der Waals surface area contributed by atoms with Gasteiger partial charge in [0.1, 0.15) is 0 Å². The van der Waals surface area contributed by atoms with E-state index in [2.05, 4.69) is 240 Å². The molecule has 0 N–H and O–H groups in total. The first-order chi connectivity index (χ1) is 28.8. The summed E-state index contributed by atoms with van der Waals surface area (Å²) in [5, 5.41) is 7.31. The maximum atomic E-state index is 3.52. The van der Waals surface area contributed by atoms with Gasteiger partial charge in [0.2, 0.25) is 0 Å². The number of hydrogen-bond donors (Lipinski definition) is 0. The van der Waals surface area contributed by atoms with Crippen molar-refractivity contribution in [3.05, 3.63) is 241 Å². The Morgan fingerprint density at radius 1 is 0.259 bits per heavy atom. The van der Waals surface area contributed by atoms with Crippen LogP contribution in [0.1, 0.15) is 22.3 Å². The van der Waals surface area contributed by atoms with Crippen LogP contribution in [0.15, 0.2) is 218 Å². The lowest BCUT2D eigenvalue weighted by Gasteiger charge is -2.27. The first-order valence-electron chi connectivity index (χ1n) is 19.5. The Labute approximate surface area is 339 Å². The quantitative estimate of drug-likeness (QED) is 0.124. The zero-order chi connectivity index (χ0) is 38.7. The fraction of sp³-hybridized carbons (Fsp3) is 0. The highest BCUT2D eigenvalue weighted by atomic mass is 15.1. The van der Waals surface area contributed by atoms with Gasteiger partial charge in [-0.3, -0.25) is 0 Å². The molecule has 0 atom stereocenters. The SMILES string of the molecule is C(#Cc1ccc(N(c2ccccc2)c2ccccc2)cc1)c1ccc(C#Cc2ccc3ccc4c(N(c5ccccc5)c5ccccc5)ccc5ccc2c3c54)cc1. The predicted molar refractivity (Wildman–Crippen MR) is 244 cm³/mol. The first kappa shape index (κ1) is 34.5. The van der Waals surface area contributed by atoms with Gasteiger partial charge in [-0.25, -0.2) is 0 Å². The average molecular weight is 737 g/mol. The summed E-state index contributed by atoms with van der Waals surface area (Å²) in [7, 11) is 0. The minimum Gasteiger partial charge on any atom is -0.311 e. The second kappa shape index (κ2) is 15.2. The summed E-state index contributed by atoms with van der Waals surface area (Å²) < 4.78 is 0. The Morgan fingerprint density at radius 2 is 0.621 bits per heavy atom. The van der Waals surface area contributed by atoms with Gasteiger partial charge in [0, 0.05) is 56.1 Å². The van der Waals surface area contributed by atoms with Crippen molar-refractivity contribution in [2.45, 2.75) is 0 Å². The summed E-state index contributed by atoms with van der Waals surface area (Å²) in [6.07, 6.45) is 0. The molecule has 10 aromatic rings. The fourth-order valence-electron chi connectivity index (χ4n) is 7.89. The summed E-state index contributed by atoms with van der Waals surface area (Å²) in [4.78, 5) is 4.60. The van der Waals surface area contributed by atoms with E-state index in [-0.39, 0.29) is 0 Å². The Hall–Kier alpha value is -8.04. The lowest BCUT2D eigenvalue weighted by molar-refractivity contribution is 1.28. The monoisotopic (exact) mass is 736 g/mol. The first-order valence-corrected chi connectivity index (χ1v) is 19.5. The Morgan fingerprint density at radius 3 is 1.12 bits per heavy atom. The largest absolute Gasteiger partial charge is 0.311 e. The zero-order valence-electron chi connectivity index (χ0n) is 31.7. The van der Waals surface area contributed by atoms with Crippen LogP contribution in [0.4, 0.5) is 34.1 Å². The van der Waals surface area contributed by atoms with Crippen molar-refractivity contribution in [2.75, 3.05) is 9.80 Å². The van der Waals surface area contributed by atoms with Crippen molar-refractivity contribution >= 4 is 66.4 Å². The van der Waals surface area contributed by atoms with E-state index >= 15 is 0 Å². The van der Waals surface area contributed by atoms with Gasteiger partial charge in [-0.15, -0.1) is 0 Å².